The normalized spacial score (nSPS) is 9.75. The third-order valence-electron chi connectivity index (χ3n) is 2.59. The number of anilines is 1. The van der Waals surface area contributed by atoms with E-state index in [1.165, 1.54) is 0 Å². The fourth-order valence-electron chi connectivity index (χ4n) is 1.61. The Bertz CT molecular complexity index is 500. The summed E-state index contributed by atoms with van der Waals surface area (Å²) in [5.74, 6) is 5.75. The van der Waals surface area contributed by atoms with Crippen LogP contribution >= 0.6 is 0 Å². The Hall–Kier alpha value is -1.83. The van der Waals surface area contributed by atoms with E-state index in [1.54, 1.807) is 0 Å². The van der Waals surface area contributed by atoms with E-state index in [1.807, 2.05) is 32.0 Å². The maximum atomic E-state index is 11.8. The number of aliphatic hydroxyl groups excluding tert-OH is 1. The minimum atomic E-state index is -0.0903. The first-order valence-electron chi connectivity index (χ1n) is 6.75. The van der Waals surface area contributed by atoms with Crippen LogP contribution < -0.4 is 5.32 Å². The molecule has 0 unspecified atom stereocenters. The second-order valence-electron chi connectivity index (χ2n) is 4.32. The summed E-state index contributed by atoms with van der Waals surface area (Å²) in [5.41, 5.74) is 2.54. The van der Waals surface area contributed by atoms with E-state index in [2.05, 4.69) is 17.2 Å². The van der Waals surface area contributed by atoms with Crippen molar-refractivity contribution in [2.24, 2.45) is 0 Å². The van der Waals surface area contributed by atoms with Crippen molar-refractivity contribution in [1.82, 2.24) is 0 Å². The number of hydrogen-bond acceptors (Lipinski definition) is 3. The number of rotatable bonds is 6. The van der Waals surface area contributed by atoms with Crippen molar-refractivity contribution in [1.29, 1.82) is 0 Å². The van der Waals surface area contributed by atoms with Gasteiger partial charge in [-0.3, -0.25) is 4.79 Å². The number of amides is 1. The van der Waals surface area contributed by atoms with Crippen molar-refractivity contribution >= 4 is 11.6 Å². The number of nitrogens with one attached hydrogen (secondary N) is 1. The molecule has 0 heterocycles. The summed E-state index contributed by atoms with van der Waals surface area (Å²) >= 11 is 0. The lowest BCUT2D eigenvalue weighted by Gasteiger charge is -2.08. The van der Waals surface area contributed by atoms with Gasteiger partial charge in [0, 0.05) is 18.6 Å². The lowest BCUT2D eigenvalue weighted by molar-refractivity contribution is -0.117. The van der Waals surface area contributed by atoms with Crippen LogP contribution in [0.15, 0.2) is 18.2 Å². The second kappa shape index (κ2) is 9.13. The number of hydrogen-bond donors (Lipinski definition) is 2. The smallest absolute Gasteiger partial charge is 0.226 e. The van der Waals surface area contributed by atoms with Gasteiger partial charge in [-0.25, -0.2) is 0 Å². The number of benzene rings is 1. The van der Waals surface area contributed by atoms with E-state index >= 15 is 0 Å². The molecule has 0 radical (unpaired) electrons. The molecule has 4 nitrogen and oxygen atoms in total. The van der Waals surface area contributed by atoms with Crippen molar-refractivity contribution in [3.8, 4) is 11.8 Å². The summed E-state index contributed by atoms with van der Waals surface area (Å²) in [7, 11) is 0. The Morgan fingerprint density at radius 1 is 1.45 bits per heavy atom. The van der Waals surface area contributed by atoms with Crippen molar-refractivity contribution in [2.75, 3.05) is 25.1 Å². The fourth-order valence-corrected chi connectivity index (χ4v) is 1.61. The summed E-state index contributed by atoms with van der Waals surface area (Å²) in [4.78, 5) is 11.8. The summed E-state index contributed by atoms with van der Waals surface area (Å²) < 4.78 is 5.15. The highest BCUT2D eigenvalue weighted by atomic mass is 16.5. The summed E-state index contributed by atoms with van der Waals surface area (Å²) in [6, 6.07) is 5.69. The van der Waals surface area contributed by atoms with Crippen LogP contribution in [0.3, 0.4) is 0 Å². The van der Waals surface area contributed by atoms with Gasteiger partial charge in [-0.05, 0) is 31.5 Å². The fraction of sp³-hybridized carbons (Fsp3) is 0.438. The maximum absolute atomic E-state index is 11.8. The average Bonchev–Trinajstić information content (AvgIpc) is 2.42. The van der Waals surface area contributed by atoms with Crippen molar-refractivity contribution in [3.63, 3.8) is 0 Å². The largest absolute Gasteiger partial charge is 0.395 e. The van der Waals surface area contributed by atoms with Gasteiger partial charge in [0.2, 0.25) is 5.91 Å². The lowest BCUT2D eigenvalue weighted by atomic mass is 10.1. The van der Waals surface area contributed by atoms with E-state index in [9.17, 15) is 4.79 Å². The molecular formula is C16H21NO3. The molecule has 2 N–H and O–H groups in total. The van der Waals surface area contributed by atoms with Crippen LogP contribution in [0.2, 0.25) is 0 Å². The molecule has 1 aromatic rings. The predicted octanol–water partition coefficient (Wildman–Crippen LogP) is 2.09. The highest BCUT2D eigenvalue weighted by molar-refractivity contribution is 5.92. The molecule has 0 bridgehead atoms. The van der Waals surface area contributed by atoms with Gasteiger partial charge >= 0.3 is 0 Å². The molecule has 1 aromatic carbocycles. The Balaban J connectivity index is 2.74. The number of aryl methyl sites for hydroxylation is 1. The van der Waals surface area contributed by atoms with Crippen LogP contribution in [0.25, 0.3) is 0 Å². The van der Waals surface area contributed by atoms with Gasteiger partial charge in [-0.15, -0.1) is 0 Å². The van der Waals surface area contributed by atoms with Crippen LogP contribution in [0, 0.1) is 18.8 Å². The maximum Gasteiger partial charge on any atom is 0.226 e. The van der Waals surface area contributed by atoms with E-state index in [0.29, 0.717) is 31.7 Å². The molecule has 0 aliphatic rings. The molecular weight excluding hydrogens is 254 g/mol. The third kappa shape index (κ3) is 5.87. The van der Waals surface area contributed by atoms with Crippen LogP contribution in [-0.4, -0.2) is 30.8 Å². The highest BCUT2D eigenvalue weighted by Crippen LogP contribution is 2.16. The predicted molar refractivity (Wildman–Crippen MR) is 79.5 cm³/mol. The topological polar surface area (TPSA) is 58.6 Å². The number of ether oxygens (including phenoxy) is 1. The van der Waals surface area contributed by atoms with Crippen LogP contribution in [0.4, 0.5) is 5.69 Å². The molecule has 0 aliphatic heterocycles. The molecule has 0 saturated heterocycles. The molecule has 0 aliphatic carbocycles. The third-order valence-corrected chi connectivity index (χ3v) is 2.59. The van der Waals surface area contributed by atoms with Crippen LogP contribution in [-0.2, 0) is 9.53 Å². The van der Waals surface area contributed by atoms with Gasteiger partial charge in [0.05, 0.1) is 25.3 Å². The molecule has 4 heteroatoms. The highest BCUT2D eigenvalue weighted by Gasteiger charge is 2.06. The van der Waals surface area contributed by atoms with Gasteiger partial charge < -0.3 is 15.2 Å². The van der Waals surface area contributed by atoms with Gasteiger partial charge in [0.1, 0.15) is 0 Å². The summed E-state index contributed by atoms with van der Waals surface area (Å²) in [6.45, 7) is 4.93. The van der Waals surface area contributed by atoms with Gasteiger partial charge in [-0.1, -0.05) is 17.9 Å². The minimum Gasteiger partial charge on any atom is -0.395 e. The van der Waals surface area contributed by atoms with Crippen LogP contribution in [0.5, 0.6) is 0 Å². The molecule has 108 valence electrons. The molecule has 0 atom stereocenters. The van der Waals surface area contributed by atoms with Crippen molar-refractivity contribution < 1.29 is 14.6 Å². The summed E-state index contributed by atoms with van der Waals surface area (Å²) in [6.07, 6.45) is 0.747. The van der Waals surface area contributed by atoms with Gasteiger partial charge in [-0.2, -0.15) is 0 Å². The minimum absolute atomic E-state index is 0.0366. The molecule has 0 saturated carbocycles. The molecule has 20 heavy (non-hydrogen) atoms. The molecule has 1 rings (SSSR count). The van der Waals surface area contributed by atoms with Crippen LogP contribution in [0.1, 0.15) is 30.9 Å². The van der Waals surface area contributed by atoms with Crippen molar-refractivity contribution in [2.45, 2.75) is 26.7 Å². The Kier molecular flexibility index (Phi) is 7.41. The first kappa shape index (κ1) is 16.2. The zero-order valence-electron chi connectivity index (χ0n) is 12.0. The van der Waals surface area contributed by atoms with Crippen molar-refractivity contribution in [3.05, 3.63) is 29.3 Å². The Morgan fingerprint density at radius 3 is 2.95 bits per heavy atom. The SMILES string of the molecule is CCOCCC(=O)Nc1ccc(C)cc1C#CCCO. The zero-order valence-corrected chi connectivity index (χ0v) is 12.0. The molecule has 0 fully saturated rings. The van der Waals surface area contributed by atoms with E-state index in [4.69, 9.17) is 9.84 Å². The van der Waals surface area contributed by atoms with Gasteiger partial charge in [0.25, 0.3) is 0 Å². The monoisotopic (exact) mass is 275 g/mol. The molecule has 0 spiro atoms. The Morgan fingerprint density at radius 2 is 2.25 bits per heavy atom. The average molecular weight is 275 g/mol. The Labute approximate surface area is 120 Å². The number of carbonyl (C=O) groups is 1. The zero-order chi connectivity index (χ0) is 14.8. The molecule has 1 amide bonds. The first-order chi connectivity index (χ1) is 9.67. The number of aliphatic hydroxyl groups is 1. The van der Waals surface area contributed by atoms with Gasteiger partial charge in [0.15, 0.2) is 0 Å². The van der Waals surface area contributed by atoms with E-state index in [-0.39, 0.29) is 12.5 Å². The lowest BCUT2D eigenvalue weighted by Crippen LogP contribution is -2.15. The number of carbonyl (C=O) groups excluding carboxylic acids is 1. The standard InChI is InChI=1S/C16H21NO3/c1-3-20-11-9-16(19)17-15-8-7-13(2)12-14(15)6-4-5-10-18/h7-8,12,18H,3,5,9-11H2,1-2H3,(H,17,19). The first-order valence-corrected chi connectivity index (χ1v) is 6.75. The summed E-state index contributed by atoms with van der Waals surface area (Å²) in [5, 5.41) is 11.6. The van der Waals surface area contributed by atoms with E-state index < -0.39 is 0 Å². The van der Waals surface area contributed by atoms with E-state index in [0.717, 1.165) is 11.1 Å². The molecule has 0 aromatic heterocycles. The quantitative estimate of drug-likeness (QED) is 0.617. The second-order valence-corrected chi connectivity index (χ2v) is 4.32.